The molecule has 0 saturated carbocycles. The quantitative estimate of drug-likeness (QED) is 0.218. The van der Waals surface area contributed by atoms with Gasteiger partial charge in [-0.15, -0.1) is 0 Å². The Labute approximate surface area is 243 Å². The van der Waals surface area contributed by atoms with E-state index in [1.165, 1.54) is 32.3 Å². The average molecular weight is 589 g/mol. The number of nitrogens with one attached hydrogen (secondary N) is 1. The minimum Gasteiger partial charge on any atom is -0.354 e. The van der Waals surface area contributed by atoms with E-state index in [0.29, 0.717) is 5.95 Å². The predicted octanol–water partition coefficient (Wildman–Crippen LogP) is 9.94. The first-order valence-electron chi connectivity index (χ1n) is 13.6. The van der Waals surface area contributed by atoms with Crippen molar-refractivity contribution >= 4 is 81.2 Å². The topological polar surface area (TPSA) is 46.5 Å². The van der Waals surface area contributed by atoms with Gasteiger partial charge < -0.3 is 4.98 Å². The van der Waals surface area contributed by atoms with Crippen LogP contribution in [-0.2, 0) is 0 Å². The van der Waals surface area contributed by atoms with Crippen LogP contribution in [0.4, 0.5) is 0 Å². The Kier molecular flexibility index (Phi) is 4.72. The van der Waals surface area contributed by atoms with Crippen LogP contribution in [0, 0.1) is 0 Å². The molecule has 9 rings (SSSR count). The first-order chi connectivity index (χ1) is 20.2. The first-order valence-corrected chi connectivity index (χ1v) is 14.4. The van der Waals surface area contributed by atoms with E-state index >= 15 is 0 Å². The number of fused-ring (bicyclic) bond motifs is 10. The Morgan fingerprint density at radius 1 is 0.561 bits per heavy atom. The lowest BCUT2D eigenvalue weighted by atomic mass is 9.98. The number of nitrogens with zero attached hydrogens (tertiary/aromatic N) is 3. The smallest absolute Gasteiger partial charge is 0.235 e. The van der Waals surface area contributed by atoms with Gasteiger partial charge in [-0.25, -0.2) is 9.97 Å². The number of rotatable bonds is 2. The molecule has 0 amide bonds. The summed E-state index contributed by atoms with van der Waals surface area (Å²) in [5.41, 5.74) is 7.36. The molecule has 9 aromatic rings. The second-order valence-electron chi connectivity index (χ2n) is 10.5. The molecular formula is C36H21BrN4. The van der Waals surface area contributed by atoms with Gasteiger partial charge in [-0.2, -0.15) is 0 Å². The number of hydrogen-bond donors (Lipinski definition) is 1. The predicted molar refractivity (Wildman–Crippen MR) is 174 cm³/mol. The lowest BCUT2D eigenvalue weighted by Gasteiger charge is -2.12. The van der Waals surface area contributed by atoms with Crippen molar-refractivity contribution in [1.82, 2.24) is 19.5 Å². The maximum absolute atomic E-state index is 5.25. The van der Waals surface area contributed by atoms with Crippen LogP contribution in [0.15, 0.2) is 126 Å². The molecule has 3 aromatic heterocycles. The summed E-state index contributed by atoms with van der Waals surface area (Å²) in [7, 11) is 0. The highest BCUT2D eigenvalue weighted by Crippen LogP contribution is 2.42. The van der Waals surface area contributed by atoms with Crippen LogP contribution in [0.5, 0.6) is 0 Å². The molecule has 3 heterocycles. The summed E-state index contributed by atoms with van der Waals surface area (Å²) in [6, 6.07) is 42.5. The van der Waals surface area contributed by atoms with Crippen molar-refractivity contribution in [3.8, 4) is 17.2 Å². The van der Waals surface area contributed by atoms with Gasteiger partial charge in [0.1, 0.15) is 0 Å². The van der Waals surface area contributed by atoms with Crippen LogP contribution < -0.4 is 0 Å². The second-order valence-corrected chi connectivity index (χ2v) is 11.4. The molecule has 0 aliphatic rings. The van der Waals surface area contributed by atoms with Gasteiger partial charge in [0.2, 0.25) is 5.95 Å². The van der Waals surface area contributed by atoms with Crippen molar-refractivity contribution in [1.29, 1.82) is 0 Å². The van der Waals surface area contributed by atoms with Crippen molar-refractivity contribution in [2.45, 2.75) is 0 Å². The Morgan fingerprint density at radius 2 is 1.32 bits per heavy atom. The number of hydrogen-bond acceptors (Lipinski definition) is 2. The van der Waals surface area contributed by atoms with Crippen molar-refractivity contribution < 1.29 is 0 Å². The van der Waals surface area contributed by atoms with Crippen LogP contribution >= 0.6 is 15.9 Å². The highest BCUT2D eigenvalue weighted by molar-refractivity contribution is 9.10. The fourth-order valence-corrected chi connectivity index (χ4v) is 6.79. The van der Waals surface area contributed by atoms with Crippen LogP contribution in [-0.4, -0.2) is 19.5 Å². The maximum atomic E-state index is 5.25. The molecule has 0 aliphatic heterocycles. The maximum Gasteiger partial charge on any atom is 0.235 e. The molecule has 4 nitrogen and oxygen atoms in total. The summed E-state index contributed by atoms with van der Waals surface area (Å²) in [6.07, 6.45) is 0. The summed E-state index contributed by atoms with van der Waals surface area (Å²) < 4.78 is 3.29. The zero-order valence-electron chi connectivity index (χ0n) is 21.8. The zero-order valence-corrected chi connectivity index (χ0v) is 23.4. The molecule has 1 N–H and O–H groups in total. The Bertz CT molecular complexity index is 2490. The number of para-hydroxylation sites is 2. The molecule has 0 saturated heterocycles. The van der Waals surface area contributed by atoms with Gasteiger partial charge >= 0.3 is 0 Å². The van der Waals surface area contributed by atoms with E-state index in [-0.39, 0.29) is 0 Å². The van der Waals surface area contributed by atoms with Gasteiger partial charge in [0.15, 0.2) is 0 Å². The lowest BCUT2D eigenvalue weighted by Crippen LogP contribution is -2.03. The summed E-state index contributed by atoms with van der Waals surface area (Å²) >= 11 is 3.70. The monoisotopic (exact) mass is 588 g/mol. The minimum absolute atomic E-state index is 0.668. The summed E-state index contributed by atoms with van der Waals surface area (Å²) in [5, 5.41) is 8.32. The number of benzene rings is 6. The summed E-state index contributed by atoms with van der Waals surface area (Å²) in [6.45, 7) is 0. The molecule has 0 fully saturated rings. The van der Waals surface area contributed by atoms with Crippen molar-refractivity contribution in [3.05, 3.63) is 126 Å². The molecule has 0 aliphatic carbocycles. The van der Waals surface area contributed by atoms with Crippen molar-refractivity contribution in [3.63, 3.8) is 0 Å². The molecule has 0 spiro atoms. The third kappa shape index (κ3) is 3.27. The molecule has 192 valence electrons. The fraction of sp³-hybridized carbons (Fsp3) is 0. The Balaban J connectivity index is 1.47. The van der Waals surface area contributed by atoms with Crippen LogP contribution in [0.25, 0.3) is 82.5 Å². The standard InChI is InChI=1S/C36H21BrN4/c37-23-16-18-28-26(20-23)33-29(38-28)17-14-21-15-19-31-34(32(21)33)25-11-5-7-13-30(25)41(31)36-39-27-12-6-4-10-24(27)35(40-36)22-8-2-1-3-9-22/h1-20,38H. The highest BCUT2D eigenvalue weighted by atomic mass is 79.9. The molecule has 5 heteroatoms. The third-order valence-corrected chi connectivity index (χ3v) is 8.67. The summed E-state index contributed by atoms with van der Waals surface area (Å²) in [5.74, 6) is 0.668. The lowest BCUT2D eigenvalue weighted by molar-refractivity contribution is 1.01. The van der Waals surface area contributed by atoms with Gasteiger partial charge in [0, 0.05) is 53.4 Å². The van der Waals surface area contributed by atoms with E-state index in [2.05, 4.69) is 135 Å². The first kappa shape index (κ1) is 22.8. The zero-order chi connectivity index (χ0) is 27.1. The number of aromatic nitrogens is 4. The van der Waals surface area contributed by atoms with Crippen LogP contribution in [0.3, 0.4) is 0 Å². The van der Waals surface area contributed by atoms with Crippen LogP contribution in [0.1, 0.15) is 0 Å². The van der Waals surface area contributed by atoms with E-state index in [4.69, 9.17) is 9.97 Å². The minimum atomic E-state index is 0.668. The number of halogens is 1. The number of H-pyrrole nitrogens is 1. The van der Waals surface area contributed by atoms with Crippen molar-refractivity contribution in [2.75, 3.05) is 0 Å². The molecule has 0 atom stereocenters. The third-order valence-electron chi connectivity index (χ3n) is 8.18. The van der Waals surface area contributed by atoms with Gasteiger partial charge in [-0.1, -0.05) is 94.8 Å². The molecule has 41 heavy (non-hydrogen) atoms. The fourth-order valence-electron chi connectivity index (χ4n) is 6.43. The van der Waals surface area contributed by atoms with Gasteiger partial charge in [-0.3, -0.25) is 4.57 Å². The normalized spacial score (nSPS) is 12.0. The van der Waals surface area contributed by atoms with Crippen molar-refractivity contribution in [2.24, 2.45) is 0 Å². The average Bonchev–Trinajstić information content (AvgIpc) is 3.56. The largest absolute Gasteiger partial charge is 0.354 e. The van der Waals surface area contributed by atoms with E-state index in [1.807, 2.05) is 12.1 Å². The van der Waals surface area contributed by atoms with Crippen LogP contribution in [0.2, 0.25) is 0 Å². The summed E-state index contributed by atoms with van der Waals surface area (Å²) in [4.78, 5) is 14.0. The van der Waals surface area contributed by atoms with Gasteiger partial charge in [-0.05, 0) is 47.9 Å². The van der Waals surface area contributed by atoms with E-state index < -0.39 is 0 Å². The van der Waals surface area contributed by atoms with Gasteiger partial charge in [0.25, 0.3) is 0 Å². The highest BCUT2D eigenvalue weighted by Gasteiger charge is 2.20. The van der Waals surface area contributed by atoms with E-state index in [0.717, 1.165) is 48.7 Å². The Morgan fingerprint density at radius 3 is 2.22 bits per heavy atom. The molecular weight excluding hydrogens is 568 g/mol. The number of aromatic amines is 1. The Hall–Kier alpha value is -5.00. The SMILES string of the molecule is Brc1ccc2[nH]c3ccc4ccc5c(c6ccccc6n5-c5nc(-c6ccccc6)c6ccccc6n5)c4c3c2c1. The molecule has 6 aromatic carbocycles. The second kappa shape index (κ2) is 8.50. The van der Waals surface area contributed by atoms with E-state index in [9.17, 15) is 0 Å². The molecule has 0 bridgehead atoms. The molecule has 0 radical (unpaired) electrons. The van der Waals surface area contributed by atoms with Gasteiger partial charge in [0.05, 0.1) is 22.2 Å². The van der Waals surface area contributed by atoms with E-state index in [1.54, 1.807) is 0 Å². The molecule has 0 unspecified atom stereocenters.